The van der Waals surface area contributed by atoms with Crippen LogP contribution in [0.15, 0.2) is 35.4 Å². The van der Waals surface area contributed by atoms with Gasteiger partial charge in [0.1, 0.15) is 5.82 Å². The molecule has 0 atom stereocenters. The molecule has 0 unspecified atom stereocenters. The van der Waals surface area contributed by atoms with Crippen LogP contribution in [0.4, 0.5) is 16.2 Å². The molecule has 1 aromatic heterocycles. The number of benzene rings is 1. The SMILES string of the molecule is CCOc1ccc(S(=O)(=O)N2CCN(c3ccnc(N4CCCCC4)n3)CC2)cc1F. The Labute approximate surface area is 182 Å². The summed E-state index contributed by atoms with van der Waals surface area (Å²) in [5.41, 5.74) is 0. The zero-order chi connectivity index (χ0) is 21.8. The van der Waals surface area contributed by atoms with E-state index in [4.69, 9.17) is 9.72 Å². The summed E-state index contributed by atoms with van der Waals surface area (Å²) in [5, 5.41) is 0. The summed E-state index contributed by atoms with van der Waals surface area (Å²) in [6, 6.07) is 5.65. The van der Waals surface area contributed by atoms with E-state index in [0.717, 1.165) is 43.8 Å². The lowest BCUT2D eigenvalue weighted by atomic mass is 10.1. The van der Waals surface area contributed by atoms with Crippen molar-refractivity contribution in [3.8, 4) is 5.75 Å². The third-order valence-electron chi connectivity index (χ3n) is 5.67. The fourth-order valence-corrected chi connectivity index (χ4v) is 5.42. The first-order chi connectivity index (χ1) is 15.0. The molecule has 0 saturated carbocycles. The molecule has 2 fully saturated rings. The molecule has 2 aromatic rings. The van der Waals surface area contributed by atoms with E-state index in [1.807, 2.05) is 6.07 Å². The van der Waals surface area contributed by atoms with Crippen molar-refractivity contribution < 1.29 is 17.5 Å². The van der Waals surface area contributed by atoms with Gasteiger partial charge in [-0.2, -0.15) is 9.29 Å². The van der Waals surface area contributed by atoms with Gasteiger partial charge in [-0.05, 0) is 50.5 Å². The Morgan fingerprint density at radius 1 is 1.00 bits per heavy atom. The molecule has 2 aliphatic rings. The van der Waals surface area contributed by atoms with Gasteiger partial charge < -0.3 is 14.5 Å². The summed E-state index contributed by atoms with van der Waals surface area (Å²) in [6.45, 7) is 5.62. The van der Waals surface area contributed by atoms with E-state index in [0.29, 0.717) is 32.8 Å². The Kier molecular flexibility index (Phi) is 6.57. The Hall–Kier alpha value is -2.46. The lowest BCUT2D eigenvalue weighted by Gasteiger charge is -2.35. The van der Waals surface area contributed by atoms with E-state index in [1.165, 1.54) is 22.9 Å². The van der Waals surface area contributed by atoms with Crippen LogP contribution >= 0.6 is 0 Å². The molecule has 168 valence electrons. The predicted octanol–water partition coefficient (Wildman–Crippen LogP) is 2.52. The molecule has 0 aliphatic carbocycles. The van der Waals surface area contributed by atoms with E-state index in [9.17, 15) is 12.8 Å². The maximum absolute atomic E-state index is 14.2. The van der Waals surface area contributed by atoms with Crippen LogP contribution in [0.5, 0.6) is 5.75 Å². The number of anilines is 2. The van der Waals surface area contributed by atoms with Crippen LogP contribution in [0.2, 0.25) is 0 Å². The molecular formula is C21H28FN5O3S. The molecule has 4 rings (SSSR count). The van der Waals surface area contributed by atoms with E-state index in [2.05, 4.69) is 14.8 Å². The lowest BCUT2D eigenvalue weighted by Crippen LogP contribution is -2.49. The van der Waals surface area contributed by atoms with Gasteiger partial charge in [0.15, 0.2) is 11.6 Å². The van der Waals surface area contributed by atoms with Crippen LogP contribution in [-0.4, -0.2) is 68.6 Å². The molecule has 10 heteroatoms. The molecule has 0 spiro atoms. The van der Waals surface area contributed by atoms with Crippen molar-refractivity contribution in [3.05, 3.63) is 36.3 Å². The van der Waals surface area contributed by atoms with Crippen molar-refractivity contribution in [2.24, 2.45) is 0 Å². The normalized spacial score (nSPS) is 18.3. The lowest BCUT2D eigenvalue weighted by molar-refractivity contribution is 0.321. The van der Waals surface area contributed by atoms with Gasteiger partial charge in [0.05, 0.1) is 11.5 Å². The van der Waals surface area contributed by atoms with Crippen molar-refractivity contribution in [3.63, 3.8) is 0 Å². The van der Waals surface area contributed by atoms with Gasteiger partial charge in [-0.15, -0.1) is 0 Å². The first-order valence-corrected chi connectivity index (χ1v) is 12.2. The van der Waals surface area contributed by atoms with Gasteiger partial charge in [-0.3, -0.25) is 0 Å². The quantitative estimate of drug-likeness (QED) is 0.671. The maximum Gasteiger partial charge on any atom is 0.243 e. The largest absolute Gasteiger partial charge is 0.491 e. The molecule has 2 aliphatic heterocycles. The van der Waals surface area contributed by atoms with Crippen LogP contribution in [0.1, 0.15) is 26.2 Å². The van der Waals surface area contributed by atoms with Crippen molar-refractivity contribution in [1.29, 1.82) is 0 Å². The van der Waals surface area contributed by atoms with Gasteiger partial charge in [0.2, 0.25) is 16.0 Å². The zero-order valence-electron chi connectivity index (χ0n) is 17.7. The van der Waals surface area contributed by atoms with Crippen LogP contribution in [0.25, 0.3) is 0 Å². The molecule has 0 bridgehead atoms. The number of piperazine rings is 1. The maximum atomic E-state index is 14.2. The highest BCUT2D eigenvalue weighted by Gasteiger charge is 2.30. The molecule has 0 radical (unpaired) electrons. The van der Waals surface area contributed by atoms with Crippen molar-refractivity contribution in [2.45, 2.75) is 31.1 Å². The summed E-state index contributed by atoms with van der Waals surface area (Å²) in [5.74, 6) is 0.921. The highest BCUT2D eigenvalue weighted by molar-refractivity contribution is 7.89. The minimum Gasteiger partial charge on any atom is -0.491 e. The minimum absolute atomic E-state index is 0.0551. The number of piperidine rings is 1. The van der Waals surface area contributed by atoms with Crippen LogP contribution in [0, 0.1) is 5.82 Å². The number of nitrogens with zero attached hydrogens (tertiary/aromatic N) is 5. The summed E-state index contributed by atoms with van der Waals surface area (Å²) in [4.78, 5) is 13.3. The number of rotatable bonds is 6. The van der Waals surface area contributed by atoms with Gasteiger partial charge in [0.25, 0.3) is 0 Å². The molecule has 2 saturated heterocycles. The average Bonchev–Trinajstić information content (AvgIpc) is 2.81. The van der Waals surface area contributed by atoms with Gasteiger partial charge in [-0.25, -0.2) is 17.8 Å². The number of ether oxygens (including phenoxy) is 1. The molecule has 31 heavy (non-hydrogen) atoms. The molecule has 0 amide bonds. The van der Waals surface area contributed by atoms with Crippen LogP contribution < -0.4 is 14.5 Å². The number of hydrogen-bond acceptors (Lipinski definition) is 7. The molecular weight excluding hydrogens is 421 g/mol. The minimum atomic E-state index is -3.78. The van der Waals surface area contributed by atoms with Gasteiger partial charge >= 0.3 is 0 Å². The first-order valence-electron chi connectivity index (χ1n) is 10.7. The second-order valence-electron chi connectivity index (χ2n) is 7.68. The summed E-state index contributed by atoms with van der Waals surface area (Å²) < 4.78 is 46.7. The number of sulfonamides is 1. The number of halogens is 1. The second-order valence-corrected chi connectivity index (χ2v) is 9.62. The van der Waals surface area contributed by atoms with Crippen molar-refractivity contribution >= 4 is 21.8 Å². The summed E-state index contributed by atoms with van der Waals surface area (Å²) in [7, 11) is -3.78. The van der Waals surface area contributed by atoms with Gasteiger partial charge in [-0.1, -0.05) is 0 Å². The third kappa shape index (κ3) is 4.74. The Bertz CT molecular complexity index is 1010. The number of hydrogen-bond donors (Lipinski definition) is 0. The fraction of sp³-hybridized carbons (Fsp3) is 0.524. The average molecular weight is 450 g/mol. The Morgan fingerprint density at radius 2 is 1.74 bits per heavy atom. The summed E-state index contributed by atoms with van der Waals surface area (Å²) in [6.07, 6.45) is 5.30. The van der Waals surface area contributed by atoms with Crippen molar-refractivity contribution in [2.75, 3.05) is 55.7 Å². The van der Waals surface area contributed by atoms with E-state index in [1.54, 1.807) is 13.1 Å². The second kappa shape index (κ2) is 9.35. The van der Waals surface area contributed by atoms with E-state index < -0.39 is 15.8 Å². The Balaban J connectivity index is 1.43. The smallest absolute Gasteiger partial charge is 0.243 e. The van der Waals surface area contributed by atoms with E-state index >= 15 is 0 Å². The summed E-state index contributed by atoms with van der Waals surface area (Å²) >= 11 is 0. The molecule has 0 N–H and O–H groups in total. The highest BCUT2D eigenvalue weighted by Crippen LogP contribution is 2.25. The predicted molar refractivity (Wildman–Crippen MR) is 117 cm³/mol. The van der Waals surface area contributed by atoms with Gasteiger partial charge in [0, 0.05) is 45.5 Å². The first kappa shape index (κ1) is 21.8. The van der Waals surface area contributed by atoms with E-state index in [-0.39, 0.29) is 10.6 Å². The topological polar surface area (TPSA) is 78.9 Å². The molecule has 3 heterocycles. The standard InChI is InChI=1S/C21H28FN5O3S/c1-2-30-19-7-6-17(16-18(19)22)31(28,29)27-14-12-25(13-15-27)20-8-9-23-21(24-20)26-10-4-3-5-11-26/h6-9,16H,2-5,10-15H2,1H3. The Morgan fingerprint density at radius 3 is 2.42 bits per heavy atom. The highest BCUT2D eigenvalue weighted by atomic mass is 32.2. The number of aromatic nitrogens is 2. The zero-order valence-corrected chi connectivity index (χ0v) is 18.5. The third-order valence-corrected chi connectivity index (χ3v) is 7.57. The fourth-order valence-electron chi connectivity index (χ4n) is 3.98. The van der Waals surface area contributed by atoms with Crippen molar-refractivity contribution in [1.82, 2.24) is 14.3 Å². The van der Waals surface area contributed by atoms with Crippen LogP contribution in [-0.2, 0) is 10.0 Å². The molecule has 1 aromatic carbocycles. The molecule has 8 nitrogen and oxygen atoms in total. The monoisotopic (exact) mass is 449 g/mol. The van der Waals surface area contributed by atoms with Crippen LogP contribution in [0.3, 0.4) is 0 Å².